The highest BCUT2D eigenvalue weighted by molar-refractivity contribution is 8.14. The molecule has 2 rings (SSSR count). The summed E-state index contributed by atoms with van der Waals surface area (Å²) < 4.78 is 5.02. The number of fused-ring (bicyclic) bond motifs is 1. The molecule has 2 aliphatic rings. The number of thioether (sulfide) groups is 2. The van der Waals surface area contributed by atoms with Gasteiger partial charge in [-0.3, -0.25) is 14.5 Å². The van der Waals surface area contributed by atoms with Crippen LogP contribution in [0.2, 0.25) is 0 Å². The third-order valence-corrected chi connectivity index (χ3v) is 5.80. The summed E-state index contributed by atoms with van der Waals surface area (Å²) in [4.78, 5) is 36.6. The number of hydrogen-bond donors (Lipinski definition) is 2. The second-order valence-corrected chi connectivity index (χ2v) is 7.00. The first-order chi connectivity index (χ1) is 10.9. The Kier molecular flexibility index (Phi) is 5.77. The van der Waals surface area contributed by atoms with Crippen LogP contribution in [-0.2, 0) is 19.1 Å². The molecule has 2 unspecified atom stereocenters. The van der Waals surface area contributed by atoms with Crippen LogP contribution in [0.5, 0.6) is 0 Å². The van der Waals surface area contributed by atoms with Gasteiger partial charge in [-0.2, -0.15) is 0 Å². The van der Waals surface area contributed by atoms with E-state index in [-0.39, 0.29) is 27.7 Å². The normalized spacial score (nSPS) is 24.2. The number of carboxylic acid groups (broad SMARTS) is 1. The van der Waals surface area contributed by atoms with Crippen molar-refractivity contribution in [3.05, 3.63) is 23.1 Å². The highest BCUT2D eigenvalue weighted by atomic mass is 32.2. The molecule has 1 saturated heterocycles. The first-order valence-electron chi connectivity index (χ1n) is 6.99. The number of aliphatic carboxylic acids is 1. The lowest BCUT2D eigenvalue weighted by Crippen LogP contribution is -2.68. The molecular weight excluding hydrogens is 340 g/mol. The van der Waals surface area contributed by atoms with Crippen molar-refractivity contribution in [3.8, 4) is 0 Å². The van der Waals surface area contributed by atoms with E-state index in [0.717, 1.165) is 11.8 Å². The summed E-state index contributed by atoms with van der Waals surface area (Å²) in [6.45, 7) is 1.89. The molecule has 0 spiro atoms. The number of carbonyl (C=O) groups excluding carboxylic acids is 2. The number of nitrogens with zero attached hydrogens (tertiary/aromatic N) is 1. The standard InChI is InChI=1S/C14H18N2O5S2/c1-3-4-8(21-2)14(20)23-6-7-5-22-12-9(15)11(17)16(12)10(7)13(18)19/h4,9,12H,3,5-6,15H2,1-2H3,(H,18,19)/b8-4-. The van der Waals surface area contributed by atoms with Crippen molar-refractivity contribution in [2.24, 2.45) is 5.73 Å². The molecule has 0 radical (unpaired) electrons. The van der Waals surface area contributed by atoms with Gasteiger partial charge in [-0.1, -0.05) is 18.7 Å². The molecule has 0 bridgehead atoms. The number of methoxy groups -OCH3 is 1. The maximum absolute atomic E-state index is 12.1. The Balaban J connectivity index is 2.14. The van der Waals surface area contributed by atoms with Crippen LogP contribution in [0.3, 0.4) is 0 Å². The fraction of sp³-hybridized carbons (Fsp3) is 0.500. The number of amides is 1. The highest BCUT2D eigenvalue weighted by Crippen LogP contribution is 2.40. The molecule has 1 amide bonds. The van der Waals surface area contributed by atoms with Gasteiger partial charge in [0, 0.05) is 11.5 Å². The molecular formula is C14H18N2O5S2. The number of carboxylic acids is 1. The molecule has 0 aromatic rings. The van der Waals surface area contributed by atoms with Crippen LogP contribution in [0.25, 0.3) is 0 Å². The van der Waals surface area contributed by atoms with E-state index < -0.39 is 17.9 Å². The molecule has 2 aliphatic heterocycles. The first-order valence-corrected chi connectivity index (χ1v) is 9.02. The van der Waals surface area contributed by atoms with Crippen LogP contribution >= 0.6 is 23.5 Å². The molecule has 0 aromatic heterocycles. The smallest absolute Gasteiger partial charge is 0.352 e. The lowest BCUT2D eigenvalue weighted by Gasteiger charge is -2.48. The fourth-order valence-electron chi connectivity index (χ4n) is 2.35. The van der Waals surface area contributed by atoms with Gasteiger partial charge in [0.15, 0.2) is 5.76 Å². The van der Waals surface area contributed by atoms with Crippen molar-refractivity contribution in [2.75, 3.05) is 18.6 Å². The molecule has 1 fully saturated rings. The number of ether oxygens (including phenoxy) is 1. The maximum atomic E-state index is 12.1. The van der Waals surface area contributed by atoms with Gasteiger partial charge in [-0.15, -0.1) is 11.8 Å². The molecule has 126 valence electrons. The van der Waals surface area contributed by atoms with Gasteiger partial charge in [0.05, 0.1) is 7.11 Å². The largest absolute Gasteiger partial charge is 0.492 e. The predicted octanol–water partition coefficient (Wildman–Crippen LogP) is 0.768. The third kappa shape index (κ3) is 3.41. The van der Waals surface area contributed by atoms with Gasteiger partial charge < -0.3 is 15.6 Å². The molecule has 0 aromatic carbocycles. The van der Waals surface area contributed by atoms with Crippen molar-refractivity contribution in [2.45, 2.75) is 24.8 Å². The lowest BCUT2D eigenvalue weighted by molar-refractivity contribution is -0.147. The van der Waals surface area contributed by atoms with Crippen LogP contribution in [0.1, 0.15) is 13.3 Å². The molecule has 2 heterocycles. The topological polar surface area (TPSA) is 110 Å². The van der Waals surface area contributed by atoms with Gasteiger partial charge in [0.25, 0.3) is 5.12 Å². The summed E-state index contributed by atoms with van der Waals surface area (Å²) >= 11 is 2.39. The van der Waals surface area contributed by atoms with Crippen LogP contribution in [0.15, 0.2) is 23.1 Å². The summed E-state index contributed by atoms with van der Waals surface area (Å²) in [6.07, 6.45) is 2.34. The van der Waals surface area contributed by atoms with Crippen LogP contribution in [0.4, 0.5) is 0 Å². The van der Waals surface area contributed by atoms with Gasteiger partial charge in [0.2, 0.25) is 5.91 Å². The summed E-state index contributed by atoms with van der Waals surface area (Å²) in [7, 11) is 1.42. The molecule has 9 heteroatoms. The Labute approximate surface area is 142 Å². The molecule has 23 heavy (non-hydrogen) atoms. The molecule has 3 N–H and O–H groups in total. The quantitative estimate of drug-likeness (QED) is 0.407. The van der Waals surface area contributed by atoms with E-state index in [1.54, 1.807) is 6.08 Å². The Morgan fingerprint density at radius 1 is 1.57 bits per heavy atom. The second-order valence-electron chi connectivity index (χ2n) is 4.95. The van der Waals surface area contributed by atoms with Crippen molar-refractivity contribution in [1.82, 2.24) is 4.90 Å². The summed E-state index contributed by atoms with van der Waals surface area (Å²) in [5.41, 5.74) is 6.19. The van der Waals surface area contributed by atoms with Crippen molar-refractivity contribution >= 4 is 40.5 Å². The average molecular weight is 358 g/mol. The zero-order valence-electron chi connectivity index (χ0n) is 12.8. The first kappa shape index (κ1) is 17.9. The van der Waals surface area contributed by atoms with E-state index in [2.05, 4.69) is 0 Å². The molecule has 0 saturated carbocycles. The zero-order valence-corrected chi connectivity index (χ0v) is 14.4. The van der Waals surface area contributed by atoms with Crippen LogP contribution < -0.4 is 5.73 Å². The van der Waals surface area contributed by atoms with Crippen molar-refractivity contribution in [3.63, 3.8) is 0 Å². The van der Waals surface area contributed by atoms with Gasteiger partial charge in [-0.25, -0.2) is 4.79 Å². The van der Waals surface area contributed by atoms with Gasteiger partial charge in [-0.05, 0) is 18.1 Å². The molecule has 0 aliphatic carbocycles. The predicted molar refractivity (Wildman–Crippen MR) is 88.6 cm³/mol. The number of carbonyl (C=O) groups is 3. The summed E-state index contributed by atoms with van der Waals surface area (Å²) in [5.74, 6) is -0.682. The Bertz CT molecular complexity index is 602. The maximum Gasteiger partial charge on any atom is 0.352 e. The minimum absolute atomic E-state index is 0.0424. The monoisotopic (exact) mass is 358 g/mol. The number of rotatable bonds is 6. The fourth-order valence-corrected chi connectivity index (χ4v) is 4.63. The highest BCUT2D eigenvalue weighted by Gasteiger charge is 2.51. The minimum Gasteiger partial charge on any atom is -0.492 e. The average Bonchev–Trinajstić information content (AvgIpc) is 2.55. The van der Waals surface area contributed by atoms with Gasteiger partial charge in [0.1, 0.15) is 17.1 Å². The molecule has 2 atom stereocenters. The Morgan fingerprint density at radius 2 is 2.26 bits per heavy atom. The number of nitrogens with two attached hydrogens (primary N) is 1. The van der Waals surface area contributed by atoms with Crippen molar-refractivity contribution in [1.29, 1.82) is 0 Å². The SMILES string of the molecule is CC/C=C(\OC)C(=O)SCC1=C(C(=O)O)N2C(=O)C(N)C2SC1. The summed E-state index contributed by atoms with van der Waals surface area (Å²) in [5, 5.41) is 8.82. The Hall–Kier alpha value is -1.45. The second kappa shape index (κ2) is 7.41. The van der Waals surface area contributed by atoms with E-state index in [1.165, 1.54) is 23.8 Å². The zero-order chi connectivity index (χ0) is 17.1. The van der Waals surface area contributed by atoms with E-state index in [4.69, 9.17) is 10.5 Å². The lowest BCUT2D eigenvalue weighted by atomic mass is 10.0. The number of hydrogen-bond acceptors (Lipinski definition) is 7. The molecule has 7 nitrogen and oxygen atoms in total. The van der Waals surface area contributed by atoms with E-state index in [1.807, 2.05) is 6.92 Å². The van der Waals surface area contributed by atoms with Crippen molar-refractivity contribution < 1.29 is 24.2 Å². The summed E-state index contributed by atoms with van der Waals surface area (Å²) in [6, 6.07) is -0.655. The number of β-lactam (4-membered cyclic amide) rings is 1. The van der Waals surface area contributed by atoms with Crippen LogP contribution in [-0.4, -0.2) is 57.0 Å². The van der Waals surface area contributed by atoms with E-state index in [9.17, 15) is 19.5 Å². The minimum atomic E-state index is -1.17. The van der Waals surface area contributed by atoms with E-state index >= 15 is 0 Å². The Morgan fingerprint density at radius 3 is 2.83 bits per heavy atom. The van der Waals surface area contributed by atoms with Gasteiger partial charge >= 0.3 is 5.97 Å². The third-order valence-electron chi connectivity index (χ3n) is 3.48. The van der Waals surface area contributed by atoms with Crippen LogP contribution in [0, 0.1) is 0 Å². The van der Waals surface area contributed by atoms with E-state index in [0.29, 0.717) is 17.7 Å². The number of allylic oxidation sites excluding steroid dienone is 1.